The fourth-order valence-electron chi connectivity index (χ4n) is 2.12. The van der Waals surface area contributed by atoms with Gasteiger partial charge in [0.05, 0.1) is 10.7 Å². The van der Waals surface area contributed by atoms with E-state index in [1.165, 1.54) is 16.7 Å². The summed E-state index contributed by atoms with van der Waals surface area (Å²) in [5, 5.41) is 13.5. The molecule has 2 nitrogen and oxygen atoms in total. The van der Waals surface area contributed by atoms with Crippen LogP contribution in [0.3, 0.4) is 0 Å². The molecule has 2 rings (SSSR count). The molecule has 1 heterocycles. The van der Waals surface area contributed by atoms with Crippen LogP contribution in [0.4, 0.5) is 0 Å². The van der Waals surface area contributed by atoms with Gasteiger partial charge >= 0.3 is 0 Å². The molecule has 0 saturated heterocycles. The molecule has 0 spiro atoms. The summed E-state index contributed by atoms with van der Waals surface area (Å²) in [6.45, 7) is 10.6. The average Bonchev–Trinajstić information content (AvgIpc) is 2.83. The van der Waals surface area contributed by atoms with E-state index in [0.29, 0.717) is 6.42 Å². The molecular formula is C17H23NOS. The van der Waals surface area contributed by atoms with Gasteiger partial charge in [-0.15, -0.1) is 11.3 Å². The number of aromatic nitrogens is 1. The Morgan fingerprint density at radius 1 is 1.25 bits per heavy atom. The monoisotopic (exact) mass is 289 g/mol. The smallest absolute Gasteiger partial charge is 0.101 e. The lowest BCUT2D eigenvalue weighted by atomic mass is 9.97. The van der Waals surface area contributed by atoms with Crippen molar-refractivity contribution >= 4 is 11.3 Å². The van der Waals surface area contributed by atoms with Crippen LogP contribution >= 0.6 is 11.3 Å². The number of nitrogens with zero attached hydrogens (tertiary/aromatic N) is 1. The molecule has 0 fully saturated rings. The van der Waals surface area contributed by atoms with Gasteiger partial charge < -0.3 is 5.11 Å². The van der Waals surface area contributed by atoms with Gasteiger partial charge in [0, 0.05) is 17.2 Å². The molecule has 20 heavy (non-hydrogen) atoms. The predicted molar refractivity (Wildman–Crippen MR) is 85.4 cm³/mol. The predicted octanol–water partition coefficient (Wildman–Crippen LogP) is 4.33. The second kappa shape index (κ2) is 5.66. The zero-order chi connectivity index (χ0) is 14.9. The van der Waals surface area contributed by atoms with Crippen molar-refractivity contribution < 1.29 is 5.11 Å². The van der Waals surface area contributed by atoms with Crippen molar-refractivity contribution in [2.75, 3.05) is 0 Å². The zero-order valence-electron chi connectivity index (χ0n) is 12.9. The molecular weight excluding hydrogens is 266 g/mol. The topological polar surface area (TPSA) is 33.1 Å². The van der Waals surface area contributed by atoms with E-state index in [9.17, 15) is 5.11 Å². The third-order valence-corrected chi connectivity index (χ3v) is 4.71. The zero-order valence-corrected chi connectivity index (χ0v) is 13.7. The molecule has 0 saturated carbocycles. The summed E-state index contributed by atoms with van der Waals surface area (Å²) in [5.74, 6) is 0. The van der Waals surface area contributed by atoms with Crippen LogP contribution in [0.2, 0.25) is 0 Å². The molecule has 108 valence electrons. The van der Waals surface area contributed by atoms with Crippen LogP contribution in [0.25, 0.3) is 0 Å². The van der Waals surface area contributed by atoms with E-state index in [2.05, 4.69) is 57.8 Å². The first-order valence-electron chi connectivity index (χ1n) is 6.97. The van der Waals surface area contributed by atoms with E-state index in [-0.39, 0.29) is 5.41 Å². The molecule has 0 radical (unpaired) electrons. The van der Waals surface area contributed by atoms with Gasteiger partial charge in [-0.25, -0.2) is 4.98 Å². The Bertz CT molecular complexity index is 595. The van der Waals surface area contributed by atoms with Gasteiger partial charge in [0.25, 0.3) is 0 Å². The van der Waals surface area contributed by atoms with Crippen LogP contribution in [-0.2, 0) is 11.8 Å². The average molecular weight is 289 g/mol. The SMILES string of the molecule is Cc1ccc(C)c(CC(O)c2csc(C(C)(C)C)n2)c1. The molecule has 0 bridgehead atoms. The summed E-state index contributed by atoms with van der Waals surface area (Å²) in [5.41, 5.74) is 4.48. The van der Waals surface area contributed by atoms with Crippen LogP contribution in [0.5, 0.6) is 0 Å². The van der Waals surface area contributed by atoms with Crippen molar-refractivity contribution in [1.82, 2.24) is 4.98 Å². The molecule has 3 heteroatoms. The molecule has 0 aliphatic rings. The van der Waals surface area contributed by atoms with Crippen LogP contribution in [0, 0.1) is 13.8 Å². The third-order valence-electron chi connectivity index (χ3n) is 3.42. The highest BCUT2D eigenvalue weighted by molar-refractivity contribution is 7.09. The number of aliphatic hydroxyl groups excluding tert-OH is 1. The van der Waals surface area contributed by atoms with Gasteiger partial charge in [0.2, 0.25) is 0 Å². The highest BCUT2D eigenvalue weighted by atomic mass is 32.1. The number of aliphatic hydroxyl groups is 1. The number of hydrogen-bond donors (Lipinski definition) is 1. The van der Waals surface area contributed by atoms with E-state index in [1.54, 1.807) is 11.3 Å². The minimum atomic E-state index is -0.525. The Morgan fingerprint density at radius 3 is 2.55 bits per heavy atom. The molecule has 2 aromatic rings. The highest BCUT2D eigenvalue weighted by Gasteiger charge is 2.21. The Kier molecular flexibility index (Phi) is 4.31. The molecule has 1 aromatic heterocycles. The van der Waals surface area contributed by atoms with Crippen molar-refractivity contribution in [3.63, 3.8) is 0 Å². The van der Waals surface area contributed by atoms with E-state index in [1.807, 2.05) is 5.38 Å². The van der Waals surface area contributed by atoms with Crippen LogP contribution in [-0.4, -0.2) is 10.1 Å². The maximum Gasteiger partial charge on any atom is 0.101 e. The van der Waals surface area contributed by atoms with Crippen molar-refractivity contribution in [3.05, 3.63) is 51.0 Å². The van der Waals surface area contributed by atoms with Gasteiger partial charge in [-0.3, -0.25) is 0 Å². The molecule has 0 amide bonds. The highest BCUT2D eigenvalue weighted by Crippen LogP contribution is 2.29. The largest absolute Gasteiger partial charge is 0.386 e. The minimum Gasteiger partial charge on any atom is -0.386 e. The summed E-state index contributed by atoms with van der Waals surface area (Å²) < 4.78 is 0. The quantitative estimate of drug-likeness (QED) is 0.912. The van der Waals surface area contributed by atoms with Crippen molar-refractivity contribution in [2.45, 2.75) is 52.6 Å². The van der Waals surface area contributed by atoms with Crippen LogP contribution in [0.15, 0.2) is 23.6 Å². The summed E-state index contributed by atoms with van der Waals surface area (Å²) >= 11 is 1.63. The van der Waals surface area contributed by atoms with E-state index in [0.717, 1.165) is 10.7 Å². The molecule has 1 aromatic carbocycles. The van der Waals surface area contributed by atoms with Crippen LogP contribution < -0.4 is 0 Å². The lowest BCUT2D eigenvalue weighted by Gasteiger charge is -2.14. The van der Waals surface area contributed by atoms with E-state index in [4.69, 9.17) is 0 Å². The summed E-state index contributed by atoms with van der Waals surface area (Å²) in [4.78, 5) is 4.60. The first-order valence-corrected chi connectivity index (χ1v) is 7.85. The molecule has 1 atom stereocenters. The maximum absolute atomic E-state index is 10.4. The number of hydrogen-bond acceptors (Lipinski definition) is 3. The standard InChI is InChI=1S/C17H23NOS/c1-11-6-7-12(2)13(8-11)9-15(19)14-10-20-16(18-14)17(3,4)5/h6-8,10,15,19H,9H2,1-5H3. The summed E-state index contributed by atoms with van der Waals surface area (Å²) in [6.07, 6.45) is 0.101. The first kappa shape index (κ1) is 15.2. The summed E-state index contributed by atoms with van der Waals surface area (Å²) in [7, 11) is 0. The maximum atomic E-state index is 10.4. The van der Waals surface area contributed by atoms with E-state index < -0.39 is 6.10 Å². The molecule has 1 unspecified atom stereocenters. The van der Waals surface area contributed by atoms with Crippen LogP contribution in [0.1, 0.15) is 54.3 Å². The lowest BCUT2D eigenvalue weighted by molar-refractivity contribution is 0.173. The van der Waals surface area contributed by atoms with Gasteiger partial charge in [0.1, 0.15) is 6.10 Å². The van der Waals surface area contributed by atoms with Crippen molar-refractivity contribution in [2.24, 2.45) is 0 Å². The number of aryl methyl sites for hydroxylation is 2. The fourth-order valence-corrected chi connectivity index (χ4v) is 3.07. The molecule has 1 N–H and O–H groups in total. The normalized spacial score (nSPS) is 13.5. The third kappa shape index (κ3) is 3.47. The number of rotatable bonds is 3. The second-order valence-corrected chi connectivity index (χ2v) is 7.34. The Balaban J connectivity index is 2.18. The number of benzene rings is 1. The second-order valence-electron chi connectivity index (χ2n) is 6.48. The van der Waals surface area contributed by atoms with Gasteiger partial charge in [-0.2, -0.15) is 0 Å². The van der Waals surface area contributed by atoms with Gasteiger partial charge in [-0.05, 0) is 25.0 Å². The Hall–Kier alpha value is -1.19. The number of thiazole rings is 1. The van der Waals surface area contributed by atoms with Crippen molar-refractivity contribution in [3.8, 4) is 0 Å². The lowest BCUT2D eigenvalue weighted by Crippen LogP contribution is -2.11. The fraction of sp³-hybridized carbons (Fsp3) is 0.471. The van der Waals surface area contributed by atoms with E-state index >= 15 is 0 Å². The minimum absolute atomic E-state index is 0.0435. The summed E-state index contributed by atoms with van der Waals surface area (Å²) in [6, 6.07) is 6.36. The molecule has 0 aliphatic heterocycles. The Morgan fingerprint density at radius 2 is 1.95 bits per heavy atom. The van der Waals surface area contributed by atoms with Crippen molar-refractivity contribution in [1.29, 1.82) is 0 Å². The van der Waals surface area contributed by atoms with Gasteiger partial charge in [0.15, 0.2) is 0 Å². The first-order chi connectivity index (χ1) is 9.27. The molecule has 0 aliphatic carbocycles. The Labute approximate surface area is 125 Å². The van der Waals surface area contributed by atoms with Gasteiger partial charge in [-0.1, -0.05) is 44.5 Å².